The highest BCUT2D eigenvalue weighted by atomic mass is 16.5. The van der Waals surface area contributed by atoms with Gasteiger partial charge in [-0.1, -0.05) is 39.7 Å². The molecule has 0 aliphatic carbocycles. The number of methoxy groups -OCH3 is 1. The van der Waals surface area contributed by atoms with Crippen LogP contribution in [-0.4, -0.2) is 17.2 Å². The average Bonchev–Trinajstić information content (AvgIpc) is 2.67. The van der Waals surface area contributed by atoms with Gasteiger partial charge in [0, 0.05) is 11.6 Å². The lowest BCUT2D eigenvalue weighted by Crippen LogP contribution is -2.19. The van der Waals surface area contributed by atoms with Gasteiger partial charge in [-0.05, 0) is 60.4 Å². The number of benzene rings is 1. The molecule has 2 unspecified atom stereocenters. The zero-order chi connectivity index (χ0) is 19.1. The second kappa shape index (κ2) is 9.72. The van der Waals surface area contributed by atoms with E-state index in [1.165, 1.54) is 6.42 Å². The number of allylic oxidation sites excluding steroid dienone is 1. The van der Waals surface area contributed by atoms with E-state index in [1.54, 1.807) is 13.3 Å². The van der Waals surface area contributed by atoms with E-state index in [-0.39, 0.29) is 5.92 Å². The molecule has 1 heterocycles. The Labute approximate surface area is 158 Å². The van der Waals surface area contributed by atoms with E-state index in [0.717, 1.165) is 41.5 Å². The second-order valence-electron chi connectivity index (χ2n) is 7.30. The van der Waals surface area contributed by atoms with Gasteiger partial charge in [-0.2, -0.15) is 0 Å². The van der Waals surface area contributed by atoms with Gasteiger partial charge < -0.3 is 9.84 Å². The minimum atomic E-state index is -0.519. The number of aliphatic hydroxyl groups excluding tert-OH is 1. The van der Waals surface area contributed by atoms with Crippen molar-refractivity contribution in [3.63, 3.8) is 0 Å². The Bertz CT molecular complexity index is 712. The van der Waals surface area contributed by atoms with Gasteiger partial charge in [0.25, 0.3) is 0 Å². The van der Waals surface area contributed by atoms with Crippen molar-refractivity contribution in [3.05, 3.63) is 48.7 Å². The number of aromatic nitrogens is 1. The van der Waals surface area contributed by atoms with E-state index in [9.17, 15) is 5.11 Å². The van der Waals surface area contributed by atoms with E-state index >= 15 is 0 Å². The Morgan fingerprint density at radius 2 is 2.04 bits per heavy atom. The zero-order valence-corrected chi connectivity index (χ0v) is 16.6. The number of hydrogen-bond donors (Lipinski definition) is 1. The Kier molecular flexibility index (Phi) is 7.65. The third kappa shape index (κ3) is 4.64. The van der Waals surface area contributed by atoms with Crippen molar-refractivity contribution >= 4 is 10.9 Å². The average molecular weight is 356 g/mol. The molecule has 26 heavy (non-hydrogen) atoms. The first-order valence-electron chi connectivity index (χ1n) is 9.78. The van der Waals surface area contributed by atoms with Crippen LogP contribution >= 0.6 is 0 Å². The van der Waals surface area contributed by atoms with Gasteiger partial charge in [-0.3, -0.25) is 4.98 Å². The molecule has 0 radical (unpaired) electrons. The summed E-state index contributed by atoms with van der Waals surface area (Å²) in [5.41, 5.74) is 1.82. The molecule has 3 nitrogen and oxygen atoms in total. The molecule has 0 spiro atoms. The van der Waals surface area contributed by atoms with Gasteiger partial charge in [0.15, 0.2) is 0 Å². The molecule has 1 N–H and O–H groups in total. The largest absolute Gasteiger partial charge is 0.497 e. The number of aliphatic hydroxyl groups is 1. The summed E-state index contributed by atoms with van der Waals surface area (Å²) in [4.78, 5) is 4.42. The lowest BCUT2D eigenvalue weighted by Gasteiger charge is -2.29. The summed E-state index contributed by atoms with van der Waals surface area (Å²) in [6, 6.07) is 7.75. The lowest BCUT2D eigenvalue weighted by molar-refractivity contribution is 0.0958. The number of nitrogens with zero attached hydrogens (tertiary/aromatic N) is 1. The molecule has 2 aromatic rings. The first-order chi connectivity index (χ1) is 12.5. The number of rotatable bonds is 10. The Balaban J connectivity index is 2.27. The summed E-state index contributed by atoms with van der Waals surface area (Å²) in [5, 5.41) is 12.1. The minimum absolute atomic E-state index is 0.164. The zero-order valence-electron chi connectivity index (χ0n) is 16.6. The van der Waals surface area contributed by atoms with Crippen LogP contribution in [0.5, 0.6) is 5.75 Å². The summed E-state index contributed by atoms with van der Waals surface area (Å²) in [6.45, 7) is 10.6. The minimum Gasteiger partial charge on any atom is -0.497 e. The van der Waals surface area contributed by atoms with Gasteiger partial charge >= 0.3 is 0 Å². The molecule has 0 saturated heterocycles. The molecule has 0 fully saturated rings. The SMILES string of the molecule is C=CC(CC)C(CCC)C[C@H](C)[C@H](O)c1ccnc2ccc(OC)cc12. The van der Waals surface area contributed by atoms with E-state index in [4.69, 9.17) is 4.74 Å². The predicted molar refractivity (Wildman–Crippen MR) is 109 cm³/mol. The van der Waals surface area contributed by atoms with Crippen molar-refractivity contribution in [1.82, 2.24) is 4.98 Å². The Morgan fingerprint density at radius 1 is 1.27 bits per heavy atom. The smallest absolute Gasteiger partial charge is 0.119 e. The van der Waals surface area contributed by atoms with Crippen LogP contribution in [-0.2, 0) is 0 Å². The van der Waals surface area contributed by atoms with Crippen LogP contribution in [0, 0.1) is 17.8 Å². The molecular weight excluding hydrogens is 322 g/mol. The highest BCUT2D eigenvalue weighted by Crippen LogP contribution is 2.36. The van der Waals surface area contributed by atoms with Crippen molar-refractivity contribution in [2.24, 2.45) is 17.8 Å². The van der Waals surface area contributed by atoms with Gasteiger partial charge in [0.1, 0.15) is 5.75 Å². The van der Waals surface area contributed by atoms with Crippen molar-refractivity contribution in [1.29, 1.82) is 0 Å². The Hall–Kier alpha value is -1.87. The summed E-state index contributed by atoms with van der Waals surface area (Å²) in [6.07, 6.45) is 7.78. The maximum absolute atomic E-state index is 11.1. The number of hydrogen-bond acceptors (Lipinski definition) is 3. The molecule has 0 saturated carbocycles. The maximum atomic E-state index is 11.1. The maximum Gasteiger partial charge on any atom is 0.119 e. The van der Waals surface area contributed by atoms with Crippen LogP contribution in [0.4, 0.5) is 0 Å². The molecule has 3 heteroatoms. The number of pyridine rings is 1. The van der Waals surface area contributed by atoms with Crippen LogP contribution in [0.3, 0.4) is 0 Å². The monoisotopic (exact) mass is 355 g/mol. The molecule has 1 aromatic heterocycles. The van der Waals surface area contributed by atoms with Crippen LogP contribution in [0.1, 0.15) is 58.1 Å². The standard InChI is InChI=1S/C23H33NO2/c1-6-9-18(17(7-2)8-3)14-16(4)23(25)20-12-13-24-22-11-10-19(26-5)15-21(20)22/h7,10-13,15-18,23,25H,2,6,8-9,14H2,1,3-5H3/t16-,17?,18?,23-/m0/s1. The Morgan fingerprint density at radius 3 is 2.65 bits per heavy atom. The highest BCUT2D eigenvalue weighted by Gasteiger charge is 2.25. The van der Waals surface area contributed by atoms with Gasteiger partial charge in [-0.15, -0.1) is 6.58 Å². The summed E-state index contributed by atoms with van der Waals surface area (Å²) in [5.74, 6) is 2.03. The normalized spacial score (nSPS) is 16.0. The van der Waals surface area contributed by atoms with E-state index in [2.05, 4.69) is 38.4 Å². The summed E-state index contributed by atoms with van der Waals surface area (Å²) < 4.78 is 5.35. The lowest BCUT2D eigenvalue weighted by atomic mass is 9.78. The molecular formula is C23H33NO2. The summed E-state index contributed by atoms with van der Waals surface area (Å²) in [7, 11) is 1.66. The van der Waals surface area contributed by atoms with Crippen LogP contribution in [0.15, 0.2) is 43.1 Å². The van der Waals surface area contributed by atoms with Crippen molar-refractivity contribution < 1.29 is 9.84 Å². The van der Waals surface area contributed by atoms with Crippen LogP contribution < -0.4 is 4.74 Å². The molecule has 2 rings (SSSR count). The highest BCUT2D eigenvalue weighted by molar-refractivity contribution is 5.83. The van der Waals surface area contributed by atoms with E-state index in [1.807, 2.05) is 24.3 Å². The first kappa shape index (κ1) is 20.4. The van der Waals surface area contributed by atoms with Crippen molar-refractivity contribution in [2.75, 3.05) is 7.11 Å². The van der Waals surface area contributed by atoms with Crippen molar-refractivity contribution in [2.45, 2.75) is 52.6 Å². The fourth-order valence-corrected chi connectivity index (χ4v) is 4.01. The molecule has 0 amide bonds. The number of fused-ring (bicyclic) bond motifs is 1. The third-order valence-electron chi connectivity index (χ3n) is 5.55. The quantitative estimate of drug-likeness (QED) is 0.537. The predicted octanol–water partition coefficient (Wildman–Crippen LogP) is 5.93. The molecule has 0 aliphatic heterocycles. The first-order valence-corrected chi connectivity index (χ1v) is 9.78. The van der Waals surface area contributed by atoms with Gasteiger partial charge in [0.05, 0.1) is 18.7 Å². The summed E-state index contributed by atoms with van der Waals surface area (Å²) >= 11 is 0. The van der Waals surface area contributed by atoms with E-state index < -0.39 is 6.10 Å². The third-order valence-corrected chi connectivity index (χ3v) is 5.55. The second-order valence-corrected chi connectivity index (χ2v) is 7.30. The molecule has 142 valence electrons. The van der Waals surface area contributed by atoms with E-state index in [0.29, 0.717) is 11.8 Å². The molecule has 0 bridgehead atoms. The van der Waals surface area contributed by atoms with Crippen LogP contribution in [0.25, 0.3) is 10.9 Å². The fraction of sp³-hybridized carbons (Fsp3) is 0.522. The van der Waals surface area contributed by atoms with Gasteiger partial charge in [-0.25, -0.2) is 0 Å². The van der Waals surface area contributed by atoms with Gasteiger partial charge in [0.2, 0.25) is 0 Å². The fourth-order valence-electron chi connectivity index (χ4n) is 4.01. The molecule has 4 atom stereocenters. The van der Waals surface area contributed by atoms with Crippen molar-refractivity contribution in [3.8, 4) is 5.75 Å². The van der Waals surface area contributed by atoms with Crippen LogP contribution in [0.2, 0.25) is 0 Å². The molecule has 0 aliphatic rings. The number of ether oxygens (including phenoxy) is 1. The molecule has 1 aromatic carbocycles. The topological polar surface area (TPSA) is 42.4 Å².